The van der Waals surface area contributed by atoms with Crippen molar-refractivity contribution in [1.29, 1.82) is 0 Å². The number of benzene rings is 1. The Morgan fingerprint density at radius 1 is 1.26 bits per heavy atom. The van der Waals surface area contributed by atoms with Gasteiger partial charge in [0.1, 0.15) is 0 Å². The maximum Gasteiger partial charge on any atom is 0.0438 e. The van der Waals surface area contributed by atoms with E-state index in [-0.39, 0.29) is 5.54 Å². The SMILES string of the molecule is Cc1ccc(C)c(N2CC(C)(C)NCC2C(C)C)c1. The summed E-state index contributed by atoms with van der Waals surface area (Å²) >= 11 is 0. The van der Waals surface area contributed by atoms with Gasteiger partial charge < -0.3 is 10.2 Å². The lowest BCUT2D eigenvalue weighted by Crippen LogP contribution is -2.63. The molecular formula is C17H28N2. The number of hydrogen-bond acceptors (Lipinski definition) is 2. The van der Waals surface area contributed by atoms with Crippen LogP contribution in [0.25, 0.3) is 0 Å². The number of rotatable bonds is 2. The molecule has 0 saturated carbocycles. The molecule has 0 aromatic heterocycles. The highest BCUT2D eigenvalue weighted by atomic mass is 15.3. The van der Waals surface area contributed by atoms with Gasteiger partial charge in [0.05, 0.1) is 0 Å². The van der Waals surface area contributed by atoms with Crippen LogP contribution in [0.3, 0.4) is 0 Å². The maximum absolute atomic E-state index is 3.68. The summed E-state index contributed by atoms with van der Waals surface area (Å²) in [6.45, 7) is 15.8. The zero-order valence-corrected chi connectivity index (χ0v) is 13.2. The van der Waals surface area contributed by atoms with E-state index in [4.69, 9.17) is 0 Å². The molecule has 2 nitrogen and oxygen atoms in total. The zero-order chi connectivity index (χ0) is 14.2. The van der Waals surface area contributed by atoms with E-state index in [1.54, 1.807) is 0 Å². The van der Waals surface area contributed by atoms with Gasteiger partial charge in [-0.15, -0.1) is 0 Å². The smallest absolute Gasteiger partial charge is 0.0438 e. The minimum Gasteiger partial charge on any atom is -0.365 e. The summed E-state index contributed by atoms with van der Waals surface area (Å²) < 4.78 is 0. The van der Waals surface area contributed by atoms with E-state index >= 15 is 0 Å². The molecule has 0 bridgehead atoms. The molecule has 0 spiro atoms. The average Bonchev–Trinajstić information content (AvgIpc) is 2.30. The molecule has 1 aliphatic heterocycles. The van der Waals surface area contributed by atoms with E-state index in [1.165, 1.54) is 16.8 Å². The Kier molecular flexibility index (Phi) is 3.91. The van der Waals surface area contributed by atoms with Gasteiger partial charge in [-0.05, 0) is 50.8 Å². The predicted molar refractivity (Wildman–Crippen MR) is 84.0 cm³/mol. The molecule has 1 fully saturated rings. The molecule has 1 atom stereocenters. The van der Waals surface area contributed by atoms with E-state index in [2.05, 4.69) is 70.0 Å². The molecule has 1 aromatic carbocycles. The summed E-state index contributed by atoms with van der Waals surface area (Å²) in [5, 5.41) is 3.68. The maximum atomic E-state index is 3.68. The summed E-state index contributed by atoms with van der Waals surface area (Å²) in [5.41, 5.74) is 4.32. The van der Waals surface area contributed by atoms with Crippen molar-refractivity contribution in [2.45, 2.75) is 53.1 Å². The Balaban J connectivity index is 2.39. The van der Waals surface area contributed by atoms with Crippen LogP contribution in [0.2, 0.25) is 0 Å². The van der Waals surface area contributed by atoms with Gasteiger partial charge in [0.25, 0.3) is 0 Å². The zero-order valence-electron chi connectivity index (χ0n) is 13.2. The summed E-state index contributed by atoms with van der Waals surface area (Å²) in [6, 6.07) is 7.37. The fourth-order valence-electron chi connectivity index (χ4n) is 2.98. The molecule has 106 valence electrons. The van der Waals surface area contributed by atoms with Crippen molar-refractivity contribution in [3.05, 3.63) is 29.3 Å². The largest absolute Gasteiger partial charge is 0.365 e. The quantitative estimate of drug-likeness (QED) is 0.875. The summed E-state index contributed by atoms with van der Waals surface area (Å²) in [5.74, 6) is 0.656. The topological polar surface area (TPSA) is 15.3 Å². The third-order valence-corrected chi connectivity index (χ3v) is 4.20. The molecule has 1 N–H and O–H groups in total. The van der Waals surface area contributed by atoms with Gasteiger partial charge in [0.15, 0.2) is 0 Å². The van der Waals surface area contributed by atoms with Gasteiger partial charge in [-0.25, -0.2) is 0 Å². The Labute approximate surface area is 118 Å². The van der Waals surface area contributed by atoms with Crippen LogP contribution in [0, 0.1) is 19.8 Å². The van der Waals surface area contributed by atoms with Gasteiger partial charge in [0, 0.05) is 30.4 Å². The van der Waals surface area contributed by atoms with Crippen LogP contribution in [-0.2, 0) is 0 Å². The van der Waals surface area contributed by atoms with Crippen LogP contribution in [0.15, 0.2) is 18.2 Å². The van der Waals surface area contributed by atoms with Gasteiger partial charge >= 0.3 is 0 Å². The van der Waals surface area contributed by atoms with Crippen LogP contribution < -0.4 is 10.2 Å². The summed E-state index contributed by atoms with van der Waals surface area (Å²) in [4.78, 5) is 2.61. The lowest BCUT2D eigenvalue weighted by molar-refractivity contribution is 0.277. The van der Waals surface area contributed by atoms with Crippen molar-refractivity contribution in [2.75, 3.05) is 18.0 Å². The molecule has 2 heteroatoms. The third kappa shape index (κ3) is 3.11. The van der Waals surface area contributed by atoms with Crippen LogP contribution in [0.5, 0.6) is 0 Å². The van der Waals surface area contributed by atoms with Crippen molar-refractivity contribution in [3.8, 4) is 0 Å². The van der Waals surface area contributed by atoms with Gasteiger partial charge in [-0.2, -0.15) is 0 Å². The Morgan fingerprint density at radius 2 is 1.95 bits per heavy atom. The van der Waals surface area contributed by atoms with E-state index < -0.39 is 0 Å². The standard InChI is InChI=1S/C17H28N2/c1-12(2)16-10-18-17(5,6)11-19(16)15-9-13(3)7-8-14(15)4/h7-9,12,16,18H,10-11H2,1-6H3. The lowest BCUT2D eigenvalue weighted by atomic mass is 9.91. The first-order valence-electron chi connectivity index (χ1n) is 7.39. The van der Waals surface area contributed by atoms with Crippen molar-refractivity contribution >= 4 is 5.69 Å². The van der Waals surface area contributed by atoms with Crippen LogP contribution in [0.1, 0.15) is 38.8 Å². The predicted octanol–water partition coefficient (Wildman–Crippen LogP) is 3.52. The number of aryl methyl sites for hydroxylation is 2. The molecule has 1 saturated heterocycles. The number of hydrogen-bond donors (Lipinski definition) is 1. The first-order chi connectivity index (χ1) is 8.80. The average molecular weight is 260 g/mol. The molecule has 2 rings (SSSR count). The van der Waals surface area contributed by atoms with Crippen LogP contribution in [0.4, 0.5) is 5.69 Å². The van der Waals surface area contributed by atoms with E-state index in [1.807, 2.05) is 0 Å². The van der Waals surface area contributed by atoms with E-state index in [9.17, 15) is 0 Å². The molecule has 0 amide bonds. The highest BCUT2D eigenvalue weighted by Crippen LogP contribution is 2.30. The summed E-state index contributed by atoms with van der Waals surface area (Å²) in [7, 11) is 0. The van der Waals surface area contributed by atoms with Crippen molar-refractivity contribution < 1.29 is 0 Å². The molecular weight excluding hydrogens is 232 g/mol. The van der Waals surface area contributed by atoms with Gasteiger partial charge in [0.2, 0.25) is 0 Å². The number of piperazine rings is 1. The Hall–Kier alpha value is -1.02. The van der Waals surface area contributed by atoms with E-state index in [0.717, 1.165) is 13.1 Å². The fourth-order valence-corrected chi connectivity index (χ4v) is 2.98. The first-order valence-corrected chi connectivity index (χ1v) is 7.39. The van der Waals surface area contributed by atoms with Crippen molar-refractivity contribution in [2.24, 2.45) is 5.92 Å². The van der Waals surface area contributed by atoms with E-state index in [0.29, 0.717) is 12.0 Å². The van der Waals surface area contributed by atoms with Crippen LogP contribution >= 0.6 is 0 Å². The molecule has 1 heterocycles. The highest BCUT2D eigenvalue weighted by Gasteiger charge is 2.34. The molecule has 19 heavy (non-hydrogen) atoms. The van der Waals surface area contributed by atoms with Gasteiger partial charge in [-0.1, -0.05) is 26.0 Å². The molecule has 0 radical (unpaired) electrons. The third-order valence-electron chi connectivity index (χ3n) is 4.20. The Bertz CT molecular complexity index is 449. The normalized spacial score (nSPS) is 22.9. The molecule has 0 aliphatic carbocycles. The van der Waals surface area contributed by atoms with Gasteiger partial charge in [-0.3, -0.25) is 0 Å². The highest BCUT2D eigenvalue weighted by molar-refractivity contribution is 5.56. The minimum atomic E-state index is 0.182. The molecule has 1 unspecified atom stereocenters. The van der Waals surface area contributed by atoms with Crippen LogP contribution in [-0.4, -0.2) is 24.7 Å². The number of anilines is 1. The number of nitrogens with zero attached hydrogens (tertiary/aromatic N) is 1. The summed E-state index contributed by atoms with van der Waals surface area (Å²) in [6.07, 6.45) is 0. The number of nitrogens with one attached hydrogen (secondary N) is 1. The second-order valence-electron chi connectivity index (χ2n) is 6.99. The second kappa shape index (κ2) is 5.16. The fraction of sp³-hybridized carbons (Fsp3) is 0.647. The minimum absolute atomic E-state index is 0.182. The monoisotopic (exact) mass is 260 g/mol. The second-order valence-corrected chi connectivity index (χ2v) is 6.99. The molecule has 1 aromatic rings. The van der Waals surface area contributed by atoms with Crippen molar-refractivity contribution in [3.63, 3.8) is 0 Å². The Morgan fingerprint density at radius 3 is 2.58 bits per heavy atom. The first kappa shape index (κ1) is 14.4. The van der Waals surface area contributed by atoms with Crippen molar-refractivity contribution in [1.82, 2.24) is 5.32 Å². The lowest BCUT2D eigenvalue weighted by Gasteiger charge is -2.48. The molecule has 1 aliphatic rings.